The average Bonchev–Trinajstić information content (AvgIpc) is 3.20. The molecule has 142 valence electrons. The van der Waals surface area contributed by atoms with Gasteiger partial charge in [-0.15, -0.1) is 0 Å². The molecular weight excluding hydrogens is 354 g/mol. The van der Waals surface area contributed by atoms with Gasteiger partial charge in [0.15, 0.2) is 0 Å². The van der Waals surface area contributed by atoms with E-state index in [2.05, 4.69) is 20.4 Å². The van der Waals surface area contributed by atoms with Gasteiger partial charge in [0.1, 0.15) is 30.6 Å². The van der Waals surface area contributed by atoms with Gasteiger partial charge in [-0.25, -0.2) is 4.98 Å². The molecule has 2 aromatic heterocycles. The monoisotopic (exact) mass is 375 g/mol. The average molecular weight is 375 g/mol. The van der Waals surface area contributed by atoms with Crippen LogP contribution in [0, 0.1) is 6.92 Å². The Morgan fingerprint density at radius 2 is 1.96 bits per heavy atom. The summed E-state index contributed by atoms with van der Waals surface area (Å²) in [6.07, 6.45) is 0.770. The van der Waals surface area contributed by atoms with Crippen molar-refractivity contribution < 1.29 is 9.84 Å². The fraction of sp³-hybridized carbons (Fsp3) is 0.190. The van der Waals surface area contributed by atoms with E-state index >= 15 is 0 Å². The van der Waals surface area contributed by atoms with Crippen LogP contribution in [0.3, 0.4) is 0 Å². The minimum absolute atomic E-state index is 0.188. The molecule has 0 bridgehead atoms. The second-order valence-electron chi connectivity index (χ2n) is 6.53. The van der Waals surface area contributed by atoms with Crippen LogP contribution in [0.4, 0.5) is 5.82 Å². The number of aryl methyl sites for hydroxylation is 1. The number of hydrogen-bond donors (Lipinski definition) is 2. The minimum atomic E-state index is -0.688. The smallest absolute Gasteiger partial charge is 0.254 e. The molecule has 1 unspecified atom stereocenters. The number of ether oxygens (including phenoxy) is 1. The molecule has 4 aromatic rings. The number of fused-ring (bicyclic) bond motifs is 1. The lowest BCUT2D eigenvalue weighted by atomic mass is 10.1. The van der Waals surface area contributed by atoms with Crippen LogP contribution < -0.4 is 10.1 Å². The highest BCUT2D eigenvalue weighted by Crippen LogP contribution is 2.21. The quantitative estimate of drug-likeness (QED) is 0.517. The number of aliphatic hydroxyl groups is 1. The first-order valence-electron chi connectivity index (χ1n) is 9.06. The van der Waals surface area contributed by atoms with Crippen molar-refractivity contribution in [3.8, 4) is 17.0 Å². The van der Waals surface area contributed by atoms with Crippen LogP contribution in [0.25, 0.3) is 17.0 Å². The molecule has 0 radical (unpaired) electrons. The van der Waals surface area contributed by atoms with Gasteiger partial charge in [-0.3, -0.25) is 0 Å². The number of aliphatic hydroxyl groups excluding tert-OH is 1. The lowest BCUT2D eigenvalue weighted by Gasteiger charge is -2.15. The first-order chi connectivity index (χ1) is 13.7. The highest BCUT2D eigenvalue weighted by Gasteiger charge is 2.11. The summed E-state index contributed by atoms with van der Waals surface area (Å²) < 4.78 is 7.28. The predicted molar refractivity (Wildman–Crippen MR) is 107 cm³/mol. The summed E-state index contributed by atoms with van der Waals surface area (Å²) in [7, 11) is 0. The van der Waals surface area contributed by atoms with Gasteiger partial charge in [-0.05, 0) is 24.6 Å². The SMILES string of the molecule is Cc1cccc(OCC(O)CNc2cc(-c3ccccc3)nc3ncnn23)c1. The van der Waals surface area contributed by atoms with Crippen LogP contribution in [0.15, 0.2) is 67.0 Å². The van der Waals surface area contributed by atoms with E-state index in [0.717, 1.165) is 22.6 Å². The normalized spacial score (nSPS) is 12.1. The Balaban J connectivity index is 1.46. The maximum absolute atomic E-state index is 10.3. The summed E-state index contributed by atoms with van der Waals surface area (Å²) in [5.74, 6) is 1.94. The van der Waals surface area contributed by atoms with Crippen molar-refractivity contribution in [1.29, 1.82) is 0 Å². The maximum atomic E-state index is 10.3. The van der Waals surface area contributed by atoms with Crippen molar-refractivity contribution in [2.45, 2.75) is 13.0 Å². The zero-order valence-corrected chi connectivity index (χ0v) is 15.5. The summed E-state index contributed by atoms with van der Waals surface area (Å²) in [5.41, 5.74) is 2.89. The number of hydrogen-bond acceptors (Lipinski definition) is 6. The van der Waals surface area contributed by atoms with E-state index in [1.165, 1.54) is 6.33 Å². The second kappa shape index (κ2) is 8.06. The Morgan fingerprint density at radius 1 is 1.11 bits per heavy atom. The van der Waals surface area contributed by atoms with Gasteiger partial charge in [0, 0.05) is 18.2 Å². The van der Waals surface area contributed by atoms with Crippen LogP contribution in [0.5, 0.6) is 5.75 Å². The number of benzene rings is 2. The van der Waals surface area contributed by atoms with Crippen LogP contribution in [0.1, 0.15) is 5.56 Å². The van der Waals surface area contributed by atoms with Gasteiger partial charge in [0.05, 0.1) is 5.69 Å². The molecule has 0 spiro atoms. The first kappa shape index (κ1) is 17.9. The van der Waals surface area contributed by atoms with E-state index in [4.69, 9.17) is 4.74 Å². The predicted octanol–water partition coefficient (Wildman–Crippen LogP) is 2.95. The van der Waals surface area contributed by atoms with Crippen LogP contribution in [-0.4, -0.2) is 43.9 Å². The molecule has 0 saturated heterocycles. The van der Waals surface area contributed by atoms with Crippen molar-refractivity contribution >= 4 is 11.6 Å². The van der Waals surface area contributed by atoms with E-state index in [0.29, 0.717) is 18.1 Å². The summed E-state index contributed by atoms with van der Waals surface area (Å²) in [4.78, 5) is 8.73. The molecule has 1 atom stereocenters. The number of aromatic nitrogens is 4. The van der Waals surface area contributed by atoms with E-state index in [9.17, 15) is 5.11 Å². The van der Waals surface area contributed by atoms with Crippen molar-refractivity contribution in [3.05, 3.63) is 72.6 Å². The van der Waals surface area contributed by atoms with Gasteiger partial charge in [0.25, 0.3) is 5.78 Å². The van der Waals surface area contributed by atoms with E-state index < -0.39 is 6.10 Å². The Morgan fingerprint density at radius 3 is 2.79 bits per heavy atom. The van der Waals surface area contributed by atoms with Gasteiger partial charge < -0.3 is 15.2 Å². The molecule has 2 N–H and O–H groups in total. The van der Waals surface area contributed by atoms with Gasteiger partial charge in [-0.2, -0.15) is 14.6 Å². The fourth-order valence-electron chi connectivity index (χ4n) is 2.87. The molecule has 28 heavy (non-hydrogen) atoms. The van der Waals surface area contributed by atoms with E-state index in [1.54, 1.807) is 4.52 Å². The molecule has 0 saturated carbocycles. The molecule has 0 amide bonds. The highest BCUT2D eigenvalue weighted by molar-refractivity contribution is 5.65. The molecule has 0 aliphatic rings. The van der Waals surface area contributed by atoms with Gasteiger partial charge in [-0.1, -0.05) is 42.5 Å². The van der Waals surface area contributed by atoms with Crippen molar-refractivity contribution in [2.24, 2.45) is 0 Å². The topological polar surface area (TPSA) is 84.6 Å². The second-order valence-corrected chi connectivity index (χ2v) is 6.53. The molecule has 4 rings (SSSR count). The van der Waals surface area contributed by atoms with Crippen LogP contribution in [0.2, 0.25) is 0 Å². The third-order valence-electron chi connectivity index (χ3n) is 4.27. The molecule has 0 fully saturated rings. The zero-order valence-electron chi connectivity index (χ0n) is 15.5. The Hall–Kier alpha value is -3.45. The van der Waals surface area contributed by atoms with Crippen molar-refractivity contribution in [1.82, 2.24) is 19.6 Å². The standard InChI is InChI=1S/C21H21N5O2/c1-15-6-5-9-18(10-15)28-13-17(27)12-22-20-11-19(16-7-3-2-4-8-16)25-21-23-14-24-26(20)21/h2-11,14,17,22,27H,12-13H2,1H3. The Bertz CT molecular complexity index is 1060. The summed E-state index contributed by atoms with van der Waals surface area (Å²) in [6.45, 7) is 2.49. The molecular formula is C21H21N5O2. The number of nitrogens with zero attached hydrogens (tertiary/aromatic N) is 4. The third-order valence-corrected chi connectivity index (χ3v) is 4.27. The molecule has 2 aromatic carbocycles. The Kier molecular flexibility index (Phi) is 5.16. The zero-order chi connectivity index (χ0) is 19.3. The molecule has 7 nitrogen and oxygen atoms in total. The Labute approximate surface area is 162 Å². The van der Waals surface area contributed by atoms with E-state index in [1.807, 2.05) is 67.6 Å². The lowest BCUT2D eigenvalue weighted by Crippen LogP contribution is -2.27. The van der Waals surface area contributed by atoms with E-state index in [-0.39, 0.29) is 6.61 Å². The summed E-state index contributed by atoms with van der Waals surface area (Å²) >= 11 is 0. The third kappa shape index (κ3) is 4.10. The van der Waals surface area contributed by atoms with Crippen molar-refractivity contribution in [2.75, 3.05) is 18.5 Å². The van der Waals surface area contributed by atoms with Crippen LogP contribution in [-0.2, 0) is 0 Å². The highest BCUT2D eigenvalue weighted by atomic mass is 16.5. The lowest BCUT2D eigenvalue weighted by molar-refractivity contribution is 0.117. The van der Waals surface area contributed by atoms with Gasteiger partial charge in [0.2, 0.25) is 0 Å². The largest absolute Gasteiger partial charge is 0.491 e. The summed E-state index contributed by atoms with van der Waals surface area (Å²) in [6, 6.07) is 19.5. The number of anilines is 1. The van der Waals surface area contributed by atoms with Gasteiger partial charge >= 0.3 is 0 Å². The molecule has 0 aliphatic carbocycles. The molecule has 7 heteroatoms. The minimum Gasteiger partial charge on any atom is -0.491 e. The molecule has 2 heterocycles. The maximum Gasteiger partial charge on any atom is 0.254 e. The fourth-order valence-corrected chi connectivity index (χ4v) is 2.87. The molecule has 0 aliphatic heterocycles. The number of rotatable bonds is 7. The first-order valence-corrected chi connectivity index (χ1v) is 9.06. The number of nitrogens with one attached hydrogen (secondary N) is 1. The summed E-state index contributed by atoms with van der Waals surface area (Å²) in [5, 5.41) is 17.7. The van der Waals surface area contributed by atoms with Crippen molar-refractivity contribution in [3.63, 3.8) is 0 Å². The van der Waals surface area contributed by atoms with Crippen LogP contribution >= 0.6 is 0 Å².